The van der Waals surface area contributed by atoms with Crippen LogP contribution in [0.1, 0.15) is 0 Å². The van der Waals surface area contributed by atoms with Crippen LogP contribution in [0.4, 0.5) is 13.2 Å². The van der Waals surface area contributed by atoms with Gasteiger partial charge in [0.1, 0.15) is 11.6 Å². The summed E-state index contributed by atoms with van der Waals surface area (Å²) < 4.78 is 42.3. The van der Waals surface area contributed by atoms with Crippen LogP contribution in [0.3, 0.4) is 0 Å². The molecule has 0 fully saturated rings. The first kappa shape index (κ1) is 12.2. The second-order valence-corrected chi connectivity index (χ2v) is 3.47. The molecule has 0 saturated carbocycles. The van der Waals surface area contributed by atoms with E-state index in [1.54, 1.807) is 0 Å². The highest BCUT2D eigenvalue weighted by atomic mass is 19.3. The van der Waals surface area contributed by atoms with Crippen LogP contribution in [0.25, 0.3) is 11.1 Å². The van der Waals surface area contributed by atoms with E-state index in [0.29, 0.717) is 10.3 Å². The molecule has 0 aliphatic rings. The zero-order valence-corrected chi connectivity index (χ0v) is 9.02. The van der Waals surface area contributed by atoms with Crippen molar-refractivity contribution in [3.8, 4) is 16.9 Å². The predicted octanol–water partition coefficient (Wildman–Crippen LogP) is 2.73. The van der Waals surface area contributed by atoms with Gasteiger partial charge in [0, 0.05) is 11.6 Å². The minimum Gasteiger partial charge on any atom is -0.619 e. The van der Waals surface area contributed by atoms with Gasteiger partial charge in [0.2, 0.25) is 0 Å². The fourth-order valence-corrected chi connectivity index (χ4v) is 1.54. The van der Waals surface area contributed by atoms with Gasteiger partial charge in [-0.15, -0.1) is 0 Å². The van der Waals surface area contributed by atoms with Crippen molar-refractivity contribution < 1.29 is 22.6 Å². The third-order valence-electron chi connectivity index (χ3n) is 2.24. The smallest absolute Gasteiger partial charge is 0.387 e. The highest BCUT2D eigenvalue weighted by molar-refractivity contribution is 5.69. The van der Waals surface area contributed by atoms with E-state index in [9.17, 15) is 18.4 Å². The van der Waals surface area contributed by atoms with Gasteiger partial charge < -0.3 is 9.94 Å². The Bertz CT molecular complexity index is 561. The Balaban J connectivity index is 2.50. The lowest BCUT2D eigenvalue weighted by molar-refractivity contribution is -0.604. The van der Waals surface area contributed by atoms with Gasteiger partial charge >= 0.3 is 6.61 Å². The second kappa shape index (κ2) is 4.95. The van der Waals surface area contributed by atoms with Gasteiger partial charge in [-0.3, -0.25) is 0 Å². The van der Waals surface area contributed by atoms with Crippen molar-refractivity contribution in [2.24, 2.45) is 0 Å². The zero-order valence-electron chi connectivity index (χ0n) is 9.02. The van der Waals surface area contributed by atoms with Gasteiger partial charge in [-0.05, 0) is 24.3 Å². The summed E-state index contributed by atoms with van der Waals surface area (Å²) in [4.78, 5) is 0. The lowest BCUT2D eigenvalue weighted by Crippen LogP contribution is -2.24. The first-order valence-corrected chi connectivity index (χ1v) is 5.00. The van der Waals surface area contributed by atoms with Gasteiger partial charge in [0.15, 0.2) is 12.4 Å². The number of hydrogen-bond acceptors (Lipinski definition) is 2. The van der Waals surface area contributed by atoms with Crippen LogP contribution in [-0.4, -0.2) is 6.61 Å². The number of aromatic nitrogens is 1. The number of nitrogens with zero attached hydrogens (tertiary/aromatic N) is 1. The van der Waals surface area contributed by atoms with Crippen molar-refractivity contribution >= 4 is 0 Å². The summed E-state index contributed by atoms with van der Waals surface area (Å²) in [5, 5.41) is 11.1. The Morgan fingerprint density at radius 2 is 2.00 bits per heavy atom. The van der Waals surface area contributed by atoms with Crippen LogP contribution in [0.2, 0.25) is 0 Å². The molecule has 0 bridgehead atoms. The van der Waals surface area contributed by atoms with Crippen LogP contribution in [-0.2, 0) is 0 Å². The molecule has 0 atom stereocenters. The molecule has 1 aromatic carbocycles. The number of benzene rings is 1. The highest BCUT2D eigenvalue weighted by Gasteiger charge is 2.13. The quantitative estimate of drug-likeness (QED) is 0.624. The third kappa shape index (κ3) is 2.71. The first-order chi connectivity index (χ1) is 8.56. The third-order valence-corrected chi connectivity index (χ3v) is 2.24. The summed E-state index contributed by atoms with van der Waals surface area (Å²) in [6.45, 7) is -3.02. The monoisotopic (exact) mass is 255 g/mol. The van der Waals surface area contributed by atoms with Crippen LogP contribution in [0.5, 0.6) is 5.75 Å². The molecule has 18 heavy (non-hydrogen) atoms. The maximum absolute atomic E-state index is 13.1. The lowest BCUT2D eigenvalue weighted by Gasteiger charge is -2.10. The Labute approximate surface area is 101 Å². The first-order valence-electron chi connectivity index (χ1n) is 5.00. The maximum Gasteiger partial charge on any atom is 0.387 e. The van der Waals surface area contributed by atoms with Crippen LogP contribution in [0.15, 0.2) is 42.7 Å². The molecule has 0 spiro atoms. The summed E-state index contributed by atoms with van der Waals surface area (Å²) in [6.07, 6.45) is 2.38. The zero-order chi connectivity index (χ0) is 13.1. The molecule has 0 saturated heterocycles. The Kier molecular flexibility index (Phi) is 3.36. The SMILES string of the molecule is [O-][n+]1cccc(-c2cc(F)ccc2OC(F)F)c1. The largest absolute Gasteiger partial charge is 0.619 e. The molecule has 94 valence electrons. The average molecular weight is 255 g/mol. The van der Waals surface area contributed by atoms with Crippen molar-refractivity contribution in [1.82, 2.24) is 0 Å². The van der Waals surface area contributed by atoms with Crippen molar-refractivity contribution in [2.45, 2.75) is 6.61 Å². The number of ether oxygens (including phenoxy) is 1. The summed E-state index contributed by atoms with van der Waals surface area (Å²) in [7, 11) is 0. The Hall–Kier alpha value is -2.24. The lowest BCUT2D eigenvalue weighted by atomic mass is 10.1. The predicted molar refractivity (Wildman–Crippen MR) is 57.4 cm³/mol. The van der Waals surface area contributed by atoms with E-state index >= 15 is 0 Å². The Morgan fingerprint density at radius 3 is 2.67 bits per heavy atom. The number of hydrogen-bond donors (Lipinski definition) is 0. The molecule has 0 unspecified atom stereocenters. The van der Waals surface area contributed by atoms with Gasteiger partial charge in [-0.25, -0.2) is 4.39 Å². The summed E-state index contributed by atoms with van der Waals surface area (Å²) in [5.74, 6) is -0.787. The van der Waals surface area contributed by atoms with E-state index in [2.05, 4.69) is 4.74 Å². The molecular formula is C12H8F3NO2. The van der Waals surface area contributed by atoms with E-state index < -0.39 is 12.4 Å². The molecule has 1 heterocycles. The molecule has 0 amide bonds. The van der Waals surface area contributed by atoms with E-state index in [1.165, 1.54) is 18.3 Å². The maximum atomic E-state index is 13.1. The number of halogens is 3. The van der Waals surface area contributed by atoms with Crippen LogP contribution >= 0.6 is 0 Å². The summed E-state index contributed by atoms with van der Waals surface area (Å²) >= 11 is 0. The van der Waals surface area contributed by atoms with E-state index in [-0.39, 0.29) is 11.3 Å². The van der Waals surface area contributed by atoms with E-state index in [0.717, 1.165) is 24.4 Å². The van der Waals surface area contributed by atoms with Gasteiger partial charge in [0.25, 0.3) is 0 Å². The Morgan fingerprint density at radius 1 is 1.22 bits per heavy atom. The minimum absolute atomic E-state index is 0.0977. The van der Waals surface area contributed by atoms with Crippen molar-refractivity contribution in [3.63, 3.8) is 0 Å². The number of alkyl halides is 2. The molecular weight excluding hydrogens is 247 g/mol. The molecule has 2 rings (SSSR count). The van der Waals surface area contributed by atoms with Crippen molar-refractivity contribution in [1.29, 1.82) is 0 Å². The molecule has 0 N–H and O–H groups in total. The van der Waals surface area contributed by atoms with E-state index in [4.69, 9.17) is 0 Å². The van der Waals surface area contributed by atoms with Crippen molar-refractivity contribution in [2.75, 3.05) is 0 Å². The molecule has 2 aromatic rings. The number of pyridine rings is 1. The topological polar surface area (TPSA) is 36.2 Å². The average Bonchev–Trinajstić information content (AvgIpc) is 2.31. The van der Waals surface area contributed by atoms with Gasteiger partial charge in [-0.1, -0.05) is 0 Å². The van der Waals surface area contributed by atoms with Crippen LogP contribution in [0, 0.1) is 11.0 Å². The normalized spacial score (nSPS) is 10.7. The minimum atomic E-state index is -3.02. The molecule has 6 heteroatoms. The molecule has 0 aliphatic carbocycles. The molecule has 0 radical (unpaired) electrons. The number of rotatable bonds is 3. The standard InChI is InChI=1S/C12H8F3NO2/c13-9-3-4-11(18-12(14)15)10(6-9)8-2-1-5-16(17)7-8/h1-7,12H. The fraction of sp³-hybridized carbons (Fsp3) is 0.0833. The van der Waals surface area contributed by atoms with Gasteiger partial charge in [-0.2, -0.15) is 13.5 Å². The molecule has 0 aliphatic heterocycles. The van der Waals surface area contributed by atoms with Crippen LogP contribution < -0.4 is 9.47 Å². The molecule has 1 aromatic heterocycles. The fourth-order valence-electron chi connectivity index (χ4n) is 1.54. The van der Waals surface area contributed by atoms with Crippen molar-refractivity contribution in [3.05, 3.63) is 53.7 Å². The highest BCUT2D eigenvalue weighted by Crippen LogP contribution is 2.31. The second-order valence-electron chi connectivity index (χ2n) is 3.47. The summed E-state index contributed by atoms with van der Waals surface area (Å²) in [6, 6.07) is 6.07. The molecule has 3 nitrogen and oxygen atoms in total. The van der Waals surface area contributed by atoms with Gasteiger partial charge in [0.05, 0.1) is 5.56 Å². The summed E-state index contributed by atoms with van der Waals surface area (Å²) in [5.41, 5.74) is 0.392. The van der Waals surface area contributed by atoms with E-state index in [1.807, 2.05) is 0 Å².